The van der Waals surface area contributed by atoms with Gasteiger partial charge in [-0.2, -0.15) is 0 Å². The predicted octanol–water partition coefficient (Wildman–Crippen LogP) is 2.00. The van der Waals surface area contributed by atoms with Crippen LogP contribution in [0.1, 0.15) is 47.4 Å². The number of nitrogens with zero attached hydrogens (tertiary/aromatic N) is 1. The number of aliphatic carboxylic acids is 1. The summed E-state index contributed by atoms with van der Waals surface area (Å²) in [6.07, 6.45) is 5.47. The van der Waals surface area contributed by atoms with Gasteiger partial charge in [0.05, 0.1) is 30.6 Å². The Morgan fingerprint density at radius 3 is 2.91 bits per heavy atom. The Morgan fingerprint density at radius 2 is 2.14 bits per heavy atom. The lowest BCUT2D eigenvalue weighted by atomic mass is 9.89. The van der Waals surface area contributed by atoms with Crippen molar-refractivity contribution in [3.05, 3.63) is 23.2 Å². The molecule has 1 saturated carbocycles. The van der Waals surface area contributed by atoms with Gasteiger partial charge in [-0.3, -0.25) is 9.59 Å². The standard InChI is InChI=1S/C16H21NO5/c1-10-9-22-13(8-14(18)19)15(10)16(20)17-6-7-21-12-5-3-2-4-11(12)17/h9,11-12H,2-8H2,1H3,(H,18,19). The molecule has 2 atom stereocenters. The molecule has 1 aromatic heterocycles. The largest absolute Gasteiger partial charge is 0.481 e. The molecule has 1 aromatic rings. The van der Waals surface area contributed by atoms with E-state index < -0.39 is 5.97 Å². The lowest BCUT2D eigenvalue weighted by molar-refractivity contribution is -0.136. The van der Waals surface area contributed by atoms with Gasteiger partial charge in [-0.15, -0.1) is 0 Å². The number of hydrogen-bond acceptors (Lipinski definition) is 4. The molecular formula is C16H21NO5. The summed E-state index contributed by atoms with van der Waals surface area (Å²) in [4.78, 5) is 25.8. The number of carbonyl (C=O) groups is 2. The molecule has 0 spiro atoms. The molecule has 1 aliphatic carbocycles. The molecule has 2 heterocycles. The lowest BCUT2D eigenvalue weighted by Crippen LogP contribution is -2.55. The summed E-state index contributed by atoms with van der Waals surface area (Å²) in [5.74, 6) is -0.877. The topological polar surface area (TPSA) is 80.0 Å². The van der Waals surface area contributed by atoms with E-state index >= 15 is 0 Å². The molecule has 2 fully saturated rings. The Balaban J connectivity index is 1.86. The van der Waals surface area contributed by atoms with Crippen molar-refractivity contribution in [1.29, 1.82) is 0 Å². The summed E-state index contributed by atoms with van der Waals surface area (Å²) < 4.78 is 11.1. The van der Waals surface area contributed by atoms with E-state index in [0.29, 0.717) is 24.3 Å². The van der Waals surface area contributed by atoms with Gasteiger partial charge in [0.1, 0.15) is 12.2 Å². The molecule has 0 radical (unpaired) electrons. The normalized spacial score (nSPS) is 24.9. The fourth-order valence-corrected chi connectivity index (χ4v) is 3.54. The molecule has 1 amide bonds. The zero-order valence-electron chi connectivity index (χ0n) is 12.7. The highest BCUT2D eigenvalue weighted by Crippen LogP contribution is 2.31. The molecule has 1 N–H and O–H groups in total. The van der Waals surface area contributed by atoms with Crippen molar-refractivity contribution in [3.8, 4) is 0 Å². The second kappa shape index (κ2) is 6.12. The summed E-state index contributed by atoms with van der Waals surface area (Å²) in [6.45, 7) is 2.87. The average molecular weight is 307 g/mol. The molecule has 0 aromatic carbocycles. The number of rotatable bonds is 3. The maximum Gasteiger partial charge on any atom is 0.311 e. The summed E-state index contributed by atoms with van der Waals surface area (Å²) in [6, 6.07) is 0.0991. The van der Waals surface area contributed by atoms with Gasteiger partial charge in [-0.05, 0) is 19.8 Å². The molecule has 6 heteroatoms. The molecule has 1 saturated heterocycles. The first kappa shape index (κ1) is 15.1. The van der Waals surface area contributed by atoms with Crippen LogP contribution in [0, 0.1) is 6.92 Å². The van der Waals surface area contributed by atoms with Crippen LogP contribution in [0.5, 0.6) is 0 Å². The number of carbonyl (C=O) groups excluding carboxylic acids is 1. The number of hydrogen-bond donors (Lipinski definition) is 1. The van der Waals surface area contributed by atoms with Crippen LogP contribution >= 0.6 is 0 Å². The minimum absolute atomic E-state index is 0.0991. The Morgan fingerprint density at radius 1 is 1.36 bits per heavy atom. The molecular weight excluding hydrogens is 286 g/mol. The Hall–Kier alpha value is -1.82. The number of carboxylic acids is 1. The summed E-state index contributed by atoms with van der Waals surface area (Å²) >= 11 is 0. The molecule has 22 heavy (non-hydrogen) atoms. The number of morpholine rings is 1. The van der Waals surface area contributed by atoms with Gasteiger partial charge in [-0.1, -0.05) is 12.8 Å². The highest BCUT2D eigenvalue weighted by molar-refractivity contribution is 5.97. The van der Waals surface area contributed by atoms with Crippen LogP contribution in [-0.2, 0) is 16.0 Å². The zero-order valence-corrected chi connectivity index (χ0v) is 12.7. The van der Waals surface area contributed by atoms with Gasteiger partial charge < -0.3 is 19.2 Å². The highest BCUT2D eigenvalue weighted by Gasteiger charge is 2.38. The van der Waals surface area contributed by atoms with Crippen molar-refractivity contribution in [2.24, 2.45) is 0 Å². The van der Waals surface area contributed by atoms with Crippen LogP contribution in [0.3, 0.4) is 0 Å². The monoisotopic (exact) mass is 307 g/mol. The van der Waals surface area contributed by atoms with Crippen molar-refractivity contribution in [3.63, 3.8) is 0 Å². The van der Waals surface area contributed by atoms with E-state index in [-0.39, 0.29) is 30.2 Å². The van der Waals surface area contributed by atoms with Gasteiger partial charge in [0, 0.05) is 12.1 Å². The van der Waals surface area contributed by atoms with Gasteiger partial charge in [-0.25, -0.2) is 0 Å². The number of amides is 1. The first-order valence-electron chi connectivity index (χ1n) is 7.79. The molecule has 1 aliphatic heterocycles. The Bertz CT molecular complexity index is 577. The Kier molecular flexibility index (Phi) is 4.20. The highest BCUT2D eigenvalue weighted by atomic mass is 16.5. The van der Waals surface area contributed by atoms with Gasteiger partial charge >= 0.3 is 5.97 Å². The minimum atomic E-state index is -0.999. The molecule has 3 rings (SSSR count). The smallest absolute Gasteiger partial charge is 0.311 e. The van der Waals surface area contributed by atoms with Crippen LogP contribution in [0.4, 0.5) is 0 Å². The van der Waals surface area contributed by atoms with E-state index in [4.69, 9.17) is 14.3 Å². The Labute approximate surface area is 129 Å². The first-order valence-corrected chi connectivity index (χ1v) is 7.79. The van der Waals surface area contributed by atoms with Crippen molar-refractivity contribution in [1.82, 2.24) is 4.90 Å². The van der Waals surface area contributed by atoms with Crippen LogP contribution < -0.4 is 0 Å². The van der Waals surface area contributed by atoms with E-state index in [0.717, 1.165) is 25.7 Å². The minimum Gasteiger partial charge on any atom is -0.481 e. The van der Waals surface area contributed by atoms with E-state index in [1.165, 1.54) is 6.26 Å². The maximum absolute atomic E-state index is 13.0. The van der Waals surface area contributed by atoms with Crippen LogP contribution in [-0.4, -0.2) is 47.2 Å². The quantitative estimate of drug-likeness (QED) is 0.924. The lowest BCUT2D eigenvalue weighted by Gasteiger charge is -2.43. The van der Waals surface area contributed by atoms with Crippen molar-refractivity contribution in [2.75, 3.05) is 13.2 Å². The number of furan rings is 1. The third-order valence-electron chi connectivity index (χ3n) is 4.57. The van der Waals surface area contributed by atoms with E-state index in [1.807, 2.05) is 4.90 Å². The molecule has 0 bridgehead atoms. The number of ether oxygens (including phenoxy) is 1. The van der Waals surface area contributed by atoms with E-state index in [9.17, 15) is 9.59 Å². The second-order valence-corrected chi connectivity index (χ2v) is 6.05. The van der Waals surface area contributed by atoms with Crippen LogP contribution in [0.2, 0.25) is 0 Å². The SMILES string of the molecule is Cc1coc(CC(=O)O)c1C(=O)N1CCOC2CCCCC21. The first-order chi connectivity index (χ1) is 10.6. The van der Waals surface area contributed by atoms with E-state index in [2.05, 4.69) is 0 Å². The van der Waals surface area contributed by atoms with Gasteiger partial charge in [0.2, 0.25) is 0 Å². The van der Waals surface area contributed by atoms with Crippen LogP contribution in [0.15, 0.2) is 10.7 Å². The third kappa shape index (κ3) is 2.75. The molecule has 6 nitrogen and oxygen atoms in total. The maximum atomic E-state index is 13.0. The van der Waals surface area contributed by atoms with Crippen molar-refractivity contribution in [2.45, 2.75) is 51.2 Å². The van der Waals surface area contributed by atoms with Crippen LogP contribution in [0.25, 0.3) is 0 Å². The fraction of sp³-hybridized carbons (Fsp3) is 0.625. The molecule has 2 unspecified atom stereocenters. The summed E-state index contributed by atoms with van der Waals surface area (Å²) in [7, 11) is 0. The fourth-order valence-electron chi connectivity index (χ4n) is 3.54. The van der Waals surface area contributed by atoms with Gasteiger partial charge in [0.25, 0.3) is 5.91 Å². The zero-order chi connectivity index (χ0) is 15.7. The summed E-state index contributed by atoms with van der Waals surface area (Å²) in [5, 5.41) is 8.98. The molecule has 2 aliphatic rings. The average Bonchev–Trinajstić information content (AvgIpc) is 2.86. The molecule has 120 valence electrons. The predicted molar refractivity (Wildman–Crippen MR) is 77.8 cm³/mol. The van der Waals surface area contributed by atoms with E-state index in [1.54, 1.807) is 6.92 Å². The summed E-state index contributed by atoms with van der Waals surface area (Å²) in [5.41, 5.74) is 1.11. The number of aryl methyl sites for hydroxylation is 1. The van der Waals surface area contributed by atoms with Crippen molar-refractivity contribution >= 4 is 11.9 Å². The number of carboxylic acid groups (broad SMARTS) is 1. The van der Waals surface area contributed by atoms with Gasteiger partial charge in [0.15, 0.2) is 0 Å². The van der Waals surface area contributed by atoms with Crippen molar-refractivity contribution < 1.29 is 23.8 Å². The third-order valence-corrected chi connectivity index (χ3v) is 4.57. The second-order valence-electron chi connectivity index (χ2n) is 6.05. The number of fused-ring (bicyclic) bond motifs is 1.